The van der Waals surface area contributed by atoms with Crippen molar-refractivity contribution in [3.05, 3.63) is 76.4 Å². The fourth-order valence-corrected chi connectivity index (χ4v) is 3.76. The highest BCUT2D eigenvalue weighted by Gasteiger charge is 2.41. The van der Waals surface area contributed by atoms with Gasteiger partial charge in [-0.15, -0.1) is 0 Å². The Hall–Kier alpha value is -2.51. The normalized spacial score (nSPS) is 17.2. The lowest BCUT2D eigenvalue weighted by molar-refractivity contribution is -0.145. The third-order valence-electron chi connectivity index (χ3n) is 3.60. The molecule has 0 saturated carbocycles. The number of thioether (sulfide) groups is 1. The summed E-state index contributed by atoms with van der Waals surface area (Å²) in [5.74, 6) is -2.01. The molecule has 126 valence electrons. The molecule has 1 atom stereocenters. The molecular formula is C18H12FNO3S2. The summed E-state index contributed by atoms with van der Waals surface area (Å²) >= 11 is 6.26. The predicted molar refractivity (Wildman–Crippen MR) is 98.2 cm³/mol. The summed E-state index contributed by atoms with van der Waals surface area (Å²) in [4.78, 5) is 25.9. The minimum Gasteiger partial charge on any atom is -0.479 e. The van der Waals surface area contributed by atoms with Crippen LogP contribution >= 0.6 is 24.0 Å². The van der Waals surface area contributed by atoms with Crippen molar-refractivity contribution in [1.82, 2.24) is 4.90 Å². The van der Waals surface area contributed by atoms with Gasteiger partial charge in [0.15, 0.2) is 6.04 Å². The highest BCUT2D eigenvalue weighted by atomic mass is 32.2. The minimum absolute atomic E-state index is 0.176. The second kappa shape index (κ2) is 7.16. The van der Waals surface area contributed by atoms with E-state index in [0.29, 0.717) is 16.0 Å². The average Bonchev–Trinajstić information content (AvgIpc) is 2.86. The predicted octanol–water partition coefficient (Wildman–Crippen LogP) is 3.85. The summed E-state index contributed by atoms with van der Waals surface area (Å²) < 4.78 is 13.2. The van der Waals surface area contributed by atoms with Crippen molar-refractivity contribution >= 4 is 46.3 Å². The standard InChI is InChI=1S/C18H12FNO3S2/c19-13-8-6-11(7-9-13)10-14-16(21)20(18(24)25-14)15(17(22)23)12-4-2-1-3-5-12/h1-10,15H,(H,22,23)/b14-10+/t15-/m0/s1. The van der Waals surface area contributed by atoms with Crippen LogP contribution in [0.25, 0.3) is 6.08 Å². The quantitative estimate of drug-likeness (QED) is 0.652. The number of thiocarbonyl (C=S) groups is 1. The summed E-state index contributed by atoms with van der Waals surface area (Å²) in [5, 5.41) is 9.61. The molecular weight excluding hydrogens is 361 g/mol. The van der Waals surface area contributed by atoms with E-state index in [0.717, 1.165) is 16.7 Å². The van der Waals surface area contributed by atoms with Crippen LogP contribution < -0.4 is 0 Å². The highest BCUT2D eigenvalue weighted by molar-refractivity contribution is 8.26. The maximum atomic E-state index is 13.0. The van der Waals surface area contributed by atoms with E-state index in [1.807, 2.05) is 0 Å². The smallest absolute Gasteiger partial charge is 0.331 e. The van der Waals surface area contributed by atoms with E-state index in [9.17, 15) is 19.1 Å². The maximum absolute atomic E-state index is 13.0. The number of hydrogen-bond donors (Lipinski definition) is 1. The summed E-state index contributed by atoms with van der Waals surface area (Å²) in [6.45, 7) is 0. The summed E-state index contributed by atoms with van der Waals surface area (Å²) in [5.41, 5.74) is 1.10. The van der Waals surface area contributed by atoms with Crippen LogP contribution in [0, 0.1) is 5.82 Å². The van der Waals surface area contributed by atoms with Gasteiger partial charge in [0.05, 0.1) is 4.91 Å². The van der Waals surface area contributed by atoms with Crippen molar-refractivity contribution in [1.29, 1.82) is 0 Å². The molecule has 0 unspecified atom stereocenters. The van der Waals surface area contributed by atoms with Crippen LogP contribution in [0.5, 0.6) is 0 Å². The van der Waals surface area contributed by atoms with Gasteiger partial charge in [-0.25, -0.2) is 9.18 Å². The molecule has 0 spiro atoms. The zero-order valence-corrected chi connectivity index (χ0v) is 14.4. The molecule has 0 radical (unpaired) electrons. The third kappa shape index (κ3) is 3.62. The van der Waals surface area contributed by atoms with Crippen LogP contribution in [-0.4, -0.2) is 26.2 Å². The van der Waals surface area contributed by atoms with Gasteiger partial charge in [-0.2, -0.15) is 0 Å². The van der Waals surface area contributed by atoms with Crippen LogP contribution in [-0.2, 0) is 9.59 Å². The Kier molecular flexibility index (Phi) is 4.96. The number of aliphatic carboxylic acids is 1. The first-order valence-corrected chi connectivity index (χ1v) is 8.50. The molecule has 25 heavy (non-hydrogen) atoms. The molecule has 1 aliphatic heterocycles. The van der Waals surface area contributed by atoms with Gasteiger partial charge in [0.25, 0.3) is 5.91 Å². The number of nitrogens with zero attached hydrogens (tertiary/aromatic N) is 1. The number of carboxylic acid groups (broad SMARTS) is 1. The van der Waals surface area contributed by atoms with Crippen LogP contribution in [0.3, 0.4) is 0 Å². The maximum Gasteiger partial charge on any atom is 0.331 e. The van der Waals surface area contributed by atoms with E-state index in [1.54, 1.807) is 36.4 Å². The highest BCUT2D eigenvalue weighted by Crippen LogP contribution is 2.38. The van der Waals surface area contributed by atoms with E-state index in [4.69, 9.17) is 12.2 Å². The monoisotopic (exact) mass is 373 g/mol. The van der Waals surface area contributed by atoms with Crippen molar-refractivity contribution in [2.75, 3.05) is 0 Å². The lowest BCUT2D eigenvalue weighted by Crippen LogP contribution is -2.37. The largest absolute Gasteiger partial charge is 0.479 e. The molecule has 3 rings (SSSR count). The molecule has 1 amide bonds. The first-order chi connectivity index (χ1) is 12.0. The summed E-state index contributed by atoms with van der Waals surface area (Å²) in [6, 6.07) is 12.9. The molecule has 0 bridgehead atoms. The van der Waals surface area contributed by atoms with Crippen LogP contribution in [0.4, 0.5) is 4.39 Å². The van der Waals surface area contributed by atoms with Gasteiger partial charge in [-0.3, -0.25) is 9.69 Å². The molecule has 7 heteroatoms. The van der Waals surface area contributed by atoms with E-state index >= 15 is 0 Å². The Morgan fingerprint density at radius 1 is 1.16 bits per heavy atom. The first kappa shape index (κ1) is 17.3. The van der Waals surface area contributed by atoms with Crippen molar-refractivity contribution in [3.8, 4) is 0 Å². The number of rotatable bonds is 4. The van der Waals surface area contributed by atoms with Gasteiger partial charge in [0.2, 0.25) is 0 Å². The number of amides is 1. The zero-order valence-electron chi connectivity index (χ0n) is 12.8. The van der Waals surface area contributed by atoms with Gasteiger partial charge in [-0.1, -0.05) is 66.4 Å². The summed E-state index contributed by atoms with van der Waals surface area (Å²) in [7, 11) is 0. The number of carboxylic acids is 1. The SMILES string of the molecule is O=C(O)[C@H](c1ccccc1)N1C(=O)/C(=C\c2ccc(F)cc2)SC1=S. The second-order valence-corrected chi connectivity index (χ2v) is 6.93. The topological polar surface area (TPSA) is 57.6 Å². The lowest BCUT2D eigenvalue weighted by Gasteiger charge is -2.23. The Morgan fingerprint density at radius 2 is 1.80 bits per heavy atom. The van der Waals surface area contributed by atoms with Gasteiger partial charge in [0.1, 0.15) is 10.1 Å². The molecule has 1 saturated heterocycles. The number of hydrogen-bond acceptors (Lipinski definition) is 4. The fourth-order valence-electron chi connectivity index (χ4n) is 2.45. The molecule has 1 fully saturated rings. The Labute approximate surface area is 153 Å². The molecule has 2 aromatic carbocycles. The van der Waals surface area contributed by atoms with E-state index in [1.165, 1.54) is 24.3 Å². The molecule has 2 aromatic rings. The van der Waals surface area contributed by atoms with Gasteiger partial charge >= 0.3 is 5.97 Å². The molecule has 4 nitrogen and oxygen atoms in total. The lowest BCUT2D eigenvalue weighted by atomic mass is 10.1. The molecule has 0 aliphatic carbocycles. The van der Waals surface area contributed by atoms with E-state index < -0.39 is 17.9 Å². The first-order valence-electron chi connectivity index (χ1n) is 7.28. The Balaban J connectivity index is 1.95. The number of carbonyl (C=O) groups excluding carboxylic acids is 1. The van der Waals surface area contributed by atoms with Gasteiger partial charge < -0.3 is 5.11 Å². The van der Waals surface area contributed by atoms with Crippen molar-refractivity contribution in [2.45, 2.75) is 6.04 Å². The van der Waals surface area contributed by atoms with Crippen molar-refractivity contribution in [3.63, 3.8) is 0 Å². The molecule has 1 heterocycles. The minimum atomic E-state index is -1.19. The Bertz CT molecular complexity index is 866. The molecule has 0 aromatic heterocycles. The summed E-state index contributed by atoms with van der Waals surface area (Å²) in [6.07, 6.45) is 1.57. The Morgan fingerprint density at radius 3 is 2.40 bits per heavy atom. The van der Waals surface area contributed by atoms with Crippen molar-refractivity contribution in [2.24, 2.45) is 0 Å². The number of carbonyl (C=O) groups is 2. The number of benzene rings is 2. The van der Waals surface area contributed by atoms with E-state index in [2.05, 4.69) is 0 Å². The fraction of sp³-hybridized carbons (Fsp3) is 0.0556. The van der Waals surface area contributed by atoms with Crippen molar-refractivity contribution < 1.29 is 19.1 Å². The molecule has 1 aliphatic rings. The molecule has 1 N–H and O–H groups in total. The van der Waals surface area contributed by atoms with Crippen LogP contribution in [0.2, 0.25) is 0 Å². The average molecular weight is 373 g/mol. The van der Waals surface area contributed by atoms with Gasteiger partial charge in [0, 0.05) is 0 Å². The van der Waals surface area contributed by atoms with Crippen LogP contribution in [0.1, 0.15) is 17.2 Å². The van der Waals surface area contributed by atoms with E-state index in [-0.39, 0.29) is 10.1 Å². The number of halogens is 1. The van der Waals surface area contributed by atoms with Crippen LogP contribution in [0.15, 0.2) is 59.5 Å². The third-order valence-corrected chi connectivity index (χ3v) is 4.93. The second-order valence-electron chi connectivity index (χ2n) is 5.25. The zero-order chi connectivity index (χ0) is 18.0. The van der Waals surface area contributed by atoms with Gasteiger partial charge in [-0.05, 0) is 29.3 Å².